The summed E-state index contributed by atoms with van der Waals surface area (Å²) in [5.74, 6) is 1.19. The Labute approximate surface area is 230 Å². The van der Waals surface area contributed by atoms with E-state index in [1.807, 2.05) is 11.8 Å². The molecule has 1 aliphatic heterocycles. The quantitative estimate of drug-likeness (QED) is 0.190. The summed E-state index contributed by atoms with van der Waals surface area (Å²) in [5, 5.41) is 6.95. The molecular weight excluding hydrogens is 553 g/mol. The second-order valence-corrected chi connectivity index (χ2v) is 12.5. The molecule has 1 aromatic carbocycles. The van der Waals surface area contributed by atoms with Crippen molar-refractivity contribution in [3.8, 4) is 11.5 Å². The molecule has 1 saturated heterocycles. The van der Waals surface area contributed by atoms with E-state index in [-0.39, 0.29) is 27.0 Å². The number of aromatic nitrogens is 3. The third-order valence-corrected chi connectivity index (χ3v) is 7.87. The number of anilines is 2. The average molecular weight is 582 g/mol. The number of benzene rings is 1. The SMILES string of the molecule is COc1cc(N)c(C(=[NH2+])c2cnc(N3CC(C)(CS(C)(=O)=O)C3)nc2)cc1O[C@H](N)c1c(Cl)cncc1Cl. The predicted octanol–water partition coefficient (Wildman–Crippen LogP) is 1.27. The Kier molecular flexibility index (Phi) is 7.71. The molecule has 0 amide bonds. The molecule has 1 aliphatic rings. The Morgan fingerprint density at radius 2 is 1.76 bits per heavy atom. The zero-order chi connectivity index (χ0) is 27.8. The highest BCUT2D eigenvalue weighted by molar-refractivity contribution is 7.90. The van der Waals surface area contributed by atoms with Crippen molar-refractivity contribution in [2.45, 2.75) is 13.2 Å². The lowest BCUT2D eigenvalue weighted by atomic mass is 9.84. The summed E-state index contributed by atoms with van der Waals surface area (Å²) in [5.41, 5.74) is 14.2. The molecule has 3 heterocycles. The van der Waals surface area contributed by atoms with Gasteiger partial charge in [-0.05, 0) is 0 Å². The second-order valence-electron chi connectivity index (χ2n) is 9.57. The molecule has 202 valence electrons. The number of hydrogen-bond donors (Lipinski definition) is 3. The van der Waals surface area contributed by atoms with E-state index < -0.39 is 16.1 Å². The minimum Gasteiger partial charge on any atom is -0.493 e. The molecule has 0 saturated carbocycles. The molecule has 0 spiro atoms. The molecule has 1 atom stereocenters. The van der Waals surface area contributed by atoms with Crippen LogP contribution in [0, 0.1) is 5.41 Å². The van der Waals surface area contributed by atoms with Crippen LogP contribution in [0.3, 0.4) is 0 Å². The maximum Gasteiger partial charge on any atom is 0.225 e. The number of nitrogens with two attached hydrogens (primary N) is 3. The lowest BCUT2D eigenvalue weighted by molar-refractivity contribution is -0.111. The van der Waals surface area contributed by atoms with Crippen molar-refractivity contribution in [2.24, 2.45) is 11.1 Å². The van der Waals surface area contributed by atoms with Gasteiger partial charge in [-0.1, -0.05) is 30.1 Å². The molecule has 0 radical (unpaired) electrons. The number of pyridine rings is 1. The zero-order valence-corrected chi connectivity index (χ0v) is 23.3. The first kappa shape index (κ1) is 27.8. The summed E-state index contributed by atoms with van der Waals surface area (Å²) in [6.07, 6.45) is 6.20. The highest BCUT2D eigenvalue weighted by Crippen LogP contribution is 2.37. The van der Waals surface area contributed by atoms with Crippen molar-refractivity contribution >= 4 is 50.4 Å². The molecule has 3 aromatic rings. The molecule has 2 aromatic heterocycles. The van der Waals surface area contributed by atoms with Gasteiger partial charge in [0.25, 0.3) is 0 Å². The minimum atomic E-state index is -3.08. The van der Waals surface area contributed by atoms with E-state index >= 15 is 0 Å². The number of methoxy groups -OCH3 is 1. The summed E-state index contributed by atoms with van der Waals surface area (Å²) in [4.78, 5) is 14.7. The zero-order valence-electron chi connectivity index (χ0n) is 21.0. The van der Waals surface area contributed by atoms with E-state index in [0.717, 1.165) is 0 Å². The number of hydrogen-bond acceptors (Lipinski definition) is 10. The Balaban J connectivity index is 1.54. The lowest BCUT2D eigenvalue weighted by Crippen LogP contribution is -2.58. The molecule has 0 unspecified atom stereocenters. The van der Waals surface area contributed by atoms with Gasteiger partial charge in [0.15, 0.2) is 17.7 Å². The fourth-order valence-electron chi connectivity index (χ4n) is 4.47. The molecule has 11 nitrogen and oxygen atoms in total. The van der Waals surface area contributed by atoms with Crippen LogP contribution in [0.2, 0.25) is 10.0 Å². The van der Waals surface area contributed by atoms with Gasteiger partial charge in [0.2, 0.25) is 11.7 Å². The van der Waals surface area contributed by atoms with Gasteiger partial charge in [-0.2, -0.15) is 0 Å². The van der Waals surface area contributed by atoms with E-state index in [0.29, 0.717) is 52.9 Å². The van der Waals surface area contributed by atoms with Crippen molar-refractivity contribution in [1.29, 1.82) is 0 Å². The van der Waals surface area contributed by atoms with Crippen molar-refractivity contribution in [3.05, 3.63) is 63.7 Å². The topological polar surface area (TPSA) is 172 Å². The monoisotopic (exact) mass is 580 g/mol. The average Bonchev–Trinajstić information content (AvgIpc) is 2.82. The highest BCUT2D eigenvalue weighted by Gasteiger charge is 2.42. The van der Waals surface area contributed by atoms with Gasteiger partial charge in [0.05, 0.1) is 34.0 Å². The van der Waals surface area contributed by atoms with Crippen LogP contribution < -0.4 is 31.3 Å². The van der Waals surface area contributed by atoms with Crippen LogP contribution in [0.15, 0.2) is 36.9 Å². The maximum atomic E-state index is 11.7. The number of nitrogen functional groups attached to an aromatic ring is 1. The summed E-state index contributed by atoms with van der Waals surface area (Å²) in [7, 11) is -1.61. The van der Waals surface area contributed by atoms with Crippen molar-refractivity contribution in [1.82, 2.24) is 15.0 Å². The smallest absolute Gasteiger partial charge is 0.225 e. The predicted molar refractivity (Wildman–Crippen MR) is 146 cm³/mol. The Morgan fingerprint density at radius 1 is 1.16 bits per heavy atom. The van der Waals surface area contributed by atoms with E-state index in [1.54, 1.807) is 24.5 Å². The number of sulfone groups is 1. The van der Waals surface area contributed by atoms with Crippen molar-refractivity contribution in [2.75, 3.05) is 42.8 Å². The van der Waals surface area contributed by atoms with E-state index in [4.69, 9.17) is 49.6 Å². The van der Waals surface area contributed by atoms with Crippen LogP contribution in [-0.2, 0) is 9.84 Å². The molecule has 0 bridgehead atoms. The van der Waals surface area contributed by atoms with Crippen LogP contribution in [0.5, 0.6) is 11.5 Å². The van der Waals surface area contributed by atoms with Crippen LogP contribution in [0.4, 0.5) is 11.6 Å². The molecule has 14 heteroatoms. The van der Waals surface area contributed by atoms with E-state index in [1.165, 1.54) is 25.8 Å². The van der Waals surface area contributed by atoms with Crippen LogP contribution in [0.1, 0.15) is 29.8 Å². The Morgan fingerprint density at radius 3 is 2.32 bits per heavy atom. The molecule has 38 heavy (non-hydrogen) atoms. The summed E-state index contributed by atoms with van der Waals surface area (Å²) >= 11 is 12.4. The van der Waals surface area contributed by atoms with Crippen LogP contribution >= 0.6 is 23.2 Å². The van der Waals surface area contributed by atoms with Gasteiger partial charge in [0.1, 0.15) is 9.84 Å². The summed E-state index contributed by atoms with van der Waals surface area (Å²) in [6, 6.07) is 3.17. The first-order chi connectivity index (χ1) is 17.8. The third kappa shape index (κ3) is 5.93. The maximum absolute atomic E-state index is 11.7. The largest absolute Gasteiger partial charge is 0.493 e. The number of rotatable bonds is 9. The molecule has 1 fully saturated rings. The standard InChI is InChI=1S/C24H27Cl2N7O4S/c1-24(12-38(3,34)35)10-33(11-24)23-31-6-13(7-32-23)21(28)14-4-19(18(36-2)5-17(14)27)37-22(29)20-15(25)8-30-9-16(20)26/h4-9,22,28H,10-12,27,29H2,1-3H3/p+1/t22-/m0/s1. The lowest BCUT2D eigenvalue weighted by Gasteiger charge is -2.47. The first-order valence-corrected chi connectivity index (χ1v) is 14.2. The van der Waals surface area contributed by atoms with Crippen LogP contribution in [-0.4, -0.2) is 61.3 Å². The van der Waals surface area contributed by atoms with Gasteiger partial charge < -0.3 is 20.1 Å². The second kappa shape index (κ2) is 10.5. The fourth-order valence-corrected chi connectivity index (χ4v) is 6.50. The van der Waals surface area contributed by atoms with Gasteiger partial charge >= 0.3 is 0 Å². The third-order valence-electron chi connectivity index (χ3n) is 6.04. The highest BCUT2D eigenvalue weighted by atomic mass is 35.5. The molecule has 4 rings (SSSR count). The number of ether oxygens (including phenoxy) is 2. The van der Waals surface area contributed by atoms with Gasteiger partial charge in [-0.15, -0.1) is 0 Å². The van der Waals surface area contributed by atoms with Crippen molar-refractivity contribution in [3.63, 3.8) is 0 Å². The van der Waals surface area contributed by atoms with Gasteiger partial charge in [-0.25, -0.2) is 18.4 Å². The summed E-state index contributed by atoms with van der Waals surface area (Å²) in [6.45, 7) is 3.01. The molecule has 0 aliphatic carbocycles. The van der Waals surface area contributed by atoms with Gasteiger partial charge in [0, 0.05) is 72.9 Å². The number of nitrogens with zero attached hydrogens (tertiary/aromatic N) is 4. The molecule has 6 N–H and O–H groups in total. The van der Waals surface area contributed by atoms with E-state index in [9.17, 15) is 8.42 Å². The summed E-state index contributed by atoms with van der Waals surface area (Å²) < 4.78 is 34.7. The van der Waals surface area contributed by atoms with E-state index in [2.05, 4.69) is 15.0 Å². The fraction of sp³-hybridized carbons (Fsp3) is 0.333. The van der Waals surface area contributed by atoms with Gasteiger partial charge in [-0.3, -0.25) is 16.1 Å². The minimum absolute atomic E-state index is 0.111. The normalized spacial score (nSPS) is 15.5. The van der Waals surface area contributed by atoms with Crippen LogP contribution in [0.25, 0.3) is 0 Å². The first-order valence-electron chi connectivity index (χ1n) is 11.4. The number of halogens is 2. The molecular formula is C24H28Cl2N7O4S+. The Bertz CT molecular complexity index is 1460. The Hall–Kier alpha value is -3.19. The van der Waals surface area contributed by atoms with Crippen molar-refractivity contribution < 1.29 is 23.3 Å².